The average Bonchev–Trinajstić information content (AvgIpc) is 3.31. The molecule has 0 aliphatic rings. The molecule has 9 nitrogen and oxygen atoms in total. The number of rotatable bonds is 8. The summed E-state index contributed by atoms with van der Waals surface area (Å²) in [6.07, 6.45) is 0. The van der Waals surface area contributed by atoms with Crippen molar-refractivity contribution in [3.8, 4) is 0 Å². The maximum absolute atomic E-state index is 12.9. The van der Waals surface area contributed by atoms with Crippen LogP contribution < -0.4 is 11.2 Å². The molecule has 0 fully saturated rings. The first kappa shape index (κ1) is 24.4. The van der Waals surface area contributed by atoms with E-state index in [1.54, 1.807) is 26.2 Å². The standard InChI is InChI=1S/C20H24N4O5S3/c1-19(2,3)27-16(26)20(4,5)29-24-14(12-10-30-17(21)22-12)15(25)28-32-18-23-11-8-6-7-9-13(11)31-18/h6-10,14,24H,1-5H3,(H2,21,22). The van der Waals surface area contributed by atoms with Crippen LogP contribution in [0.25, 0.3) is 10.2 Å². The third-order valence-electron chi connectivity index (χ3n) is 3.86. The molecule has 32 heavy (non-hydrogen) atoms. The molecule has 3 aromatic rings. The molecule has 0 aliphatic carbocycles. The minimum Gasteiger partial charge on any atom is -0.458 e. The lowest BCUT2D eigenvalue weighted by Crippen LogP contribution is -2.46. The number of thiazole rings is 2. The van der Waals surface area contributed by atoms with Crippen molar-refractivity contribution in [3.63, 3.8) is 0 Å². The summed E-state index contributed by atoms with van der Waals surface area (Å²) in [5.41, 5.74) is 7.38. The number of anilines is 1. The van der Waals surface area contributed by atoms with Crippen molar-refractivity contribution in [2.24, 2.45) is 0 Å². The summed E-state index contributed by atoms with van der Waals surface area (Å²) in [5, 5.41) is 1.89. The second-order valence-electron chi connectivity index (χ2n) is 8.21. The van der Waals surface area contributed by atoms with Crippen molar-refractivity contribution in [2.45, 2.75) is 56.2 Å². The van der Waals surface area contributed by atoms with E-state index in [9.17, 15) is 9.59 Å². The first-order chi connectivity index (χ1) is 14.9. The molecule has 172 valence electrons. The number of benzene rings is 1. The van der Waals surface area contributed by atoms with E-state index in [4.69, 9.17) is 19.5 Å². The largest absolute Gasteiger partial charge is 0.458 e. The zero-order chi connectivity index (χ0) is 23.5. The fraction of sp³-hybridized carbons (Fsp3) is 0.400. The smallest absolute Gasteiger partial charge is 0.344 e. The van der Waals surface area contributed by atoms with Crippen LogP contribution in [0.1, 0.15) is 46.4 Å². The van der Waals surface area contributed by atoms with Gasteiger partial charge < -0.3 is 14.7 Å². The Morgan fingerprint density at radius 2 is 1.88 bits per heavy atom. The molecule has 0 saturated carbocycles. The Hall–Kier alpha value is -2.25. The number of hydrogen-bond donors (Lipinski definition) is 2. The molecule has 1 aromatic carbocycles. The van der Waals surface area contributed by atoms with Crippen LogP contribution in [0.5, 0.6) is 0 Å². The quantitative estimate of drug-likeness (QED) is 0.265. The number of nitrogens with one attached hydrogen (secondary N) is 1. The van der Waals surface area contributed by atoms with Gasteiger partial charge in [-0.05, 0) is 46.8 Å². The second kappa shape index (κ2) is 9.71. The van der Waals surface area contributed by atoms with Gasteiger partial charge in [-0.25, -0.2) is 19.6 Å². The predicted octanol–water partition coefficient (Wildman–Crippen LogP) is 4.27. The highest BCUT2D eigenvalue weighted by molar-refractivity contribution is 7.97. The Kier molecular flexibility index (Phi) is 7.40. The van der Waals surface area contributed by atoms with Crippen molar-refractivity contribution < 1.29 is 23.3 Å². The van der Waals surface area contributed by atoms with Gasteiger partial charge in [0.1, 0.15) is 17.6 Å². The number of ether oxygens (including phenoxy) is 1. The lowest BCUT2D eigenvalue weighted by atomic mass is 10.1. The SMILES string of the molecule is CC(C)(C)OC(=O)C(C)(C)ONC(C(=O)OSc1nc2ccccc2s1)c1csc(N)n1. The number of carbonyl (C=O) groups excluding carboxylic acids is 2. The first-order valence-corrected chi connectivity index (χ1v) is 12.0. The highest BCUT2D eigenvalue weighted by Crippen LogP contribution is 2.31. The summed E-state index contributed by atoms with van der Waals surface area (Å²) in [6.45, 7) is 8.33. The molecule has 0 aliphatic heterocycles. The van der Waals surface area contributed by atoms with E-state index >= 15 is 0 Å². The molecule has 0 bridgehead atoms. The van der Waals surface area contributed by atoms with Crippen LogP contribution in [0.4, 0.5) is 5.13 Å². The normalized spacial score (nSPS) is 13.2. The van der Waals surface area contributed by atoms with Gasteiger partial charge in [-0.1, -0.05) is 12.1 Å². The summed E-state index contributed by atoms with van der Waals surface area (Å²) >= 11 is 3.42. The summed E-state index contributed by atoms with van der Waals surface area (Å²) in [4.78, 5) is 39.4. The number of para-hydroxylation sites is 1. The van der Waals surface area contributed by atoms with Gasteiger partial charge in [0.2, 0.25) is 0 Å². The van der Waals surface area contributed by atoms with E-state index in [0.29, 0.717) is 10.0 Å². The molecule has 12 heteroatoms. The van der Waals surface area contributed by atoms with Crippen LogP contribution in [0.15, 0.2) is 34.0 Å². The third-order valence-corrected chi connectivity index (χ3v) is 6.32. The molecule has 0 saturated heterocycles. The Labute approximate surface area is 197 Å². The summed E-state index contributed by atoms with van der Waals surface area (Å²) in [5.74, 6) is -1.27. The van der Waals surface area contributed by atoms with Gasteiger partial charge in [0.15, 0.2) is 21.1 Å². The number of nitrogen functional groups attached to an aromatic ring is 1. The molecule has 3 rings (SSSR count). The number of nitrogens with two attached hydrogens (primary N) is 1. The fourth-order valence-corrected chi connectivity index (χ4v) is 4.50. The van der Waals surface area contributed by atoms with Gasteiger partial charge >= 0.3 is 11.9 Å². The molecular weight excluding hydrogens is 472 g/mol. The monoisotopic (exact) mass is 496 g/mol. The molecule has 2 heterocycles. The minimum atomic E-state index is -1.38. The van der Waals surface area contributed by atoms with E-state index in [2.05, 4.69) is 15.4 Å². The fourth-order valence-electron chi connectivity index (χ4n) is 2.32. The van der Waals surface area contributed by atoms with Crippen molar-refractivity contribution in [2.75, 3.05) is 5.73 Å². The van der Waals surface area contributed by atoms with Gasteiger partial charge in [0.05, 0.1) is 15.9 Å². The van der Waals surface area contributed by atoms with Gasteiger partial charge in [-0.3, -0.25) is 4.84 Å². The topological polar surface area (TPSA) is 126 Å². The van der Waals surface area contributed by atoms with Gasteiger partial charge in [0.25, 0.3) is 0 Å². The lowest BCUT2D eigenvalue weighted by Gasteiger charge is -2.29. The minimum absolute atomic E-state index is 0.282. The molecule has 1 unspecified atom stereocenters. The van der Waals surface area contributed by atoms with Gasteiger partial charge in [-0.15, -0.1) is 22.7 Å². The van der Waals surface area contributed by atoms with Gasteiger partial charge in [-0.2, -0.15) is 5.48 Å². The number of fused-ring (bicyclic) bond motifs is 1. The number of hydrogen-bond acceptors (Lipinski definition) is 12. The van der Waals surface area contributed by atoms with Crippen LogP contribution >= 0.6 is 34.7 Å². The third kappa shape index (κ3) is 6.39. The van der Waals surface area contributed by atoms with Crippen LogP contribution in [-0.2, 0) is 23.3 Å². The van der Waals surface area contributed by atoms with Crippen molar-refractivity contribution in [1.82, 2.24) is 15.4 Å². The van der Waals surface area contributed by atoms with Crippen molar-refractivity contribution in [1.29, 1.82) is 0 Å². The van der Waals surface area contributed by atoms with Crippen LogP contribution in [-0.4, -0.2) is 33.1 Å². The van der Waals surface area contributed by atoms with Crippen LogP contribution in [0.2, 0.25) is 0 Å². The van der Waals surface area contributed by atoms with E-state index in [1.807, 2.05) is 24.3 Å². The maximum atomic E-state index is 12.9. The first-order valence-electron chi connectivity index (χ1n) is 9.56. The highest BCUT2D eigenvalue weighted by atomic mass is 32.2. The molecule has 3 N–H and O–H groups in total. The summed E-state index contributed by atoms with van der Waals surface area (Å²) in [6, 6.07) is 6.50. The van der Waals surface area contributed by atoms with E-state index < -0.39 is 29.2 Å². The number of hydroxylamine groups is 1. The second-order valence-corrected chi connectivity index (χ2v) is 11.1. The van der Waals surface area contributed by atoms with Crippen molar-refractivity contribution in [3.05, 3.63) is 35.3 Å². The Balaban J connectivity index is 1.69. The Bertz CT molecular complexity index is 1070. The Morgan fingerprint density at radius 1 is 1.16 bits per heavy atom. The zero-order valence-corrected chi connectivity index (χ0v) is 20.7. The average molecular weight is 497 g/mol. The van der Waals surface area contributed by atoms with Gasteiger partial charge in [0, 0.05) is 5.38 Å². The van der Waals surface area contributed by atoms with Crippen LogP contribution in [0, 0.1) is 0 Å². The number of esters is 1. The predicted molar refractivity (Wildman–Crippen MR) is 125 cm³/mol. The number of aromatic nitrogens is 2. The van der Waals surface area contributed by atoms with E-state index in [0.717, 1.165) is 22.3 Å². The number of carbonyl (C=O) groups is 2. The maximum Gasteiger partial charge on any atom is 0.344 e. The van der Waals surface area contributed by atoms with E-state index in [-0.39, 0.29) is 5.13 Å². The molecule has 0 amide bonds. The molecule has 1 atom stereocenters. The van der Waals surface area contributed by atoms with Crippen LogP contribution in [0.3, 0.4) is 0 Å². The summed E-state index contributed by atoms with van der Waals surface area (Å²) in [7, 11) is 0. The van der Waals surface area contributed by atoms with E-state index in [1.165, 1.54) is 36.5 Å². The van der Waals surface area contributed by atoms with Crippen molar-refractivity contribution >= 4 is 62.0 Å². The zero-order valence-electron chi connectivity index (χ0n) is 18.2. The highest BCUT2D eigenvalue weighted by Gasteiger charge is 2.37. The molecule has 2 aromatic heterocycles. The number of nitrogens with zero attached hydrogens (tertiary/aromatic N) is 2. The molecule has 0 spiro atoms. The molecular formula is C20H24N4O5S3. The molecule has 0 radical (unpaired) electrons. The Morgan fingerprint density at radius 3 is 2.50 bits per heavy atom. The summed E-state index contributed by atoms with van der Waals surface area (Å²) < 4.78 is 12.3. The lowest BCUT2D eigenvalue weighted by molar-refractivity contribution is -0.192.